The monoisotopic (exact) mass is 901 g/mol. The molecule has 4 aromatic rings. The molecule has 6 rings (SSSR count). The van der Waals surface area contributed by atoms with Crippen LogP contribution in [0.2, 0.25) is 0 Å². The molecule has 1 saturated carbocycles. The quantitative estimate of drug-likeness (QED) is 0.0738. The molecule has 2 fully saturated rings. The van der Waals surface area contributed by atoms with Crippen LogP contribution < -0.4 is 4.74 Å². The number of thiophene rings is 1. The van der Waals surface area contributed by atoms with Crippen molar-refractivity contribution >= 4 is 39.1 Å². The topological polar surface area (TPSA) is 160 Å². The Bertz CT molecular complexity index is 1740. The van der Waals surface area contributed by atoms with Crippen LogP contribution >= 0.6 is 11.3 Å². The van der Waals surface area contributed by atoms with Gasteiger partial charge in [0.15, 0.2) is 11.6 Å². The smallest absolute Gasteiger partial charge is 0.320 e. The normalized spacial score (nSPS) is 12.8. The molecule has 16 heteroatoms. The fourth-order valence-corrected chi connectivity index (χ4v) is 6.04. The SMILES string of the molecule is CC.CC.CC.CCOC(=O)CN(Cc1ccc(-c2cc3nccc(Oc4ccc([NH-])cc4F)c3s2)nc1)C1CN(C(=O)COCCOCCOC)C1.[NH-]C1CC1.[Y]. The van der Waals surface area contributed by atoms with Gasteiger partial charge in [-0.1, -0.05) is 66.5 Å². The van der Waals surface area contributed by atoms with Crippen molar-refractivity contribution in [2.45, 2.75) is 79.9 Å². The number of pyridine rings is 2. The third-order valence-corrected chi connectivity index (χ3v) is 9.13. The van der Waals surface area contributed by atoms with E-state index in [4.69, 9.17) is 35.2 Å². The predicted molar refractivity (Wildman–Crippen MR) is 226 cm³/mol. The Labute approximate surface area is 373 Å². The molecule has 1 aromatic carbocycles. The Morgan fingerprint density at radius 3 is 2.21 bits per heavy atom. The average Bonchev–Trinajstić information content (AvgIpc) is 3.87. The summed E-state index contributed by atoms with van der Waals surface area (Å²) in [6.45, 7) is 17.2. The molecule has 58 heavy (non-hydrogen) atoms. The average molecular weight is 902 g/mol. The summed E-state index contributed by atoms with van der Waals surface area (Å²) >= 11 is 1.43. The van der Waals surface area contributed by atoms with Gasteiger partial charge in [-0.2, -0.15) is 0 Å². The number of carbonyl (C=O) groups excluding carboxylic acids is 2. The Balaban J connectivity index is 0.00000138. The number of esters is 1. The number of hydrogen-bond acceptors (Lipinski definition) is 11. The molecule has 0 bridgehead atoms. The number of nitrogens with zero attached hydrogens (tertiary/aromatic N) is 4. The molecule has 13 nitrogen and oxygen atoms in total. The third kappa shape index (κ3) is 18.0. The minimum atomic E-state index is -0.612. The van der Waals surface area contributed by atoms with Crippen LogP contribution in [-0.4, -0.2) is 110 Å². The van der Waals surface area contributed by atoms with Crippen LogP contribution in [0.4, 0.5) is 10.1 Å². The minimum absolute atomic E-state index is 0. The minimum Gasteiger partial charge on any atom is -0.699 e. The van der Waals surface area contributed by atoms with E-state index in [-0.39, 0.29) is 81.8 Å². The number of benzene rings is 1. The van der Waals surface area contributed by atoms with Gasteiger partial charge in [-0.05, 0) is 36.8 Å². The summed E-state index contributed by atoms with van der Waals surface area (Å²) in [7, 11) is 1.60. The number of likely N-dealkylation sites (tertiary alicyclic amines) is 1. The second-order valence-electron chi connectivity index (χ2n) is 12.0. The molecule has 1 saturated heterocycles. The van der Waals surface area contributed by atoms with Crippen LogP contribution in [0.1, 0.15) is 66.9 Å². The van der Waals surface area contributed by atoms with Gasteiger partial charge in [0.2, 0.25) is 5.91 Å². The van der Waals surface area contributed by atoms with Crippen molar-refractivity contribution in [2.75, 3.05) is 66.4 Å². The zero-order valence-electron chi connectivity index (χ0n) is 35.3. The van der Waals surface area contributed by atoms with Gasteiger partial charge in [0.05, 0.1) is 60.4 Å². The fourth-order valence-electron chi connectivity index (χ4n) is 4.99. The number of halogens is 1. The van der Waals surface area contributed by atoms with Crippen LogP contribution in [-0.2, 0) is 67.8 Å². The fraction of sp³-hybridized carbons (Fsp3) is 0.524. The van der Waals surface area contributed by atoms with Crippen molar-refractivity contribution in [3.8, 4) is 22.1 Å². The maximum atomic E-state index is 14.3. The maximum absolute atomic E-state index is 14.3. The molecule has 2 aliphatic rings. The molecule has 0 atom stereocenters. The summed E-state index contributed by atoms with van der Waals surface area (Å²) in [5.41, 5.74) is 16.7. The summed E-state index contributed by atoms with van der Waals surface area (Å²) in [5, 5.41) is 0. The first-order chi connectivity index (χ1) is 27.7. The summed E-state index contributed by atoms with van der Waals surface area (Å²) in [6.07, 6.45) is 5.67. The summed E-state index contributed by atoms with van der Waals surface area (Å²) in [4.78, 5) is 38.7. The zero-order chi connectivity index (χ0) is 42.2. The second-order valence-corrected chi connectivity index (χ2v) is 13.1. The number of ether oxygens (including phenoxy) is 5. The molecule has 1 aliphatic heterocycles. The number of hydrogen-bond donors (Lipinski definition) is 0. The first-order valence-electron chi connectivity index (χ1n) is 19.8. The Kier molecular flexibility index (Phi) is 27.3. The van der Waals surface area contributed by atoms with E-state index < -0.39 is 5.82 Å². The molecular formula is C42H61FN6O7SY-2. The first kappa shape index (κ1) is 52.9. The van der Waals surface area contributed by atoms with E-state index in [0.29, 0.717) is 63.4 Å². The van der Waals surface area contributed by atoms with Crippen LogP contribution in [0, 0.1) is 5.82 Å². The van der Waals surface area contributed by atoms with E-state index in [2.05, 4.69) is 9.97 Å². The Morgan fingerprint density at radius 1 is 0.931 bits per heavy atom. The van der Waals surface area contributed by atoms with E-state index in [0.717, 1.165) is 39.7 Å². The van der Waals surface area contributed by atoms with Gasteiger partial charge in [-0.15, -0.1) is 23.1 Å². The van der Waals surface area contributed by atoms with Crippen molar-refractivity contribution in [1.82, 2.24) is 19.8 Å². The van der Waals surface area contributed by atoms with Crippen molar-refractivity contribution < 1.29 is 70.4 Å². The van der Waals surface area contributed by atoms with Crippen LogP contribution in [0.15, 0.2) is 54.9 Å². The van der Waals surface area contributed by atoms with E-state index >= 15 is 0 Å². The maximum Gasteiger partial charge on any atom is 0.320 e. The van der Waals surface area contributed by atoms with Gasteiger partial charge < -0.3 is 40.1 Å². The molecule has 3 aromatic heterocycles. The van der Waals surface area contributed by atoms with Crippen molar-refractivity contribution in [3.63, 3.8) is 0 Å². The number of aromatic nitrogens is 2. The number of methoxy groups -OCH3 is 1. The molecule has 1 radical (unpaired) electrons. The largest absolute Gasteiger partial charge is 0.699 e. The molecule has 1 amide bonds. The summed E-state index contributed by atoms with van der Waals surface area (Å²) in [5.74, 6) is -0.558. The standard InChI is InChI=1S/C33H37FN5O7S.C3H6N.3C2H6.Y/c1-3-45-32(41)20-38(24-18-39(19-24)31(40)21-44-13-12-43-11-10-42-2)17-22-4-6-26(37-16-22)30-15-27-33(47-30)29(8-9-36-27)46-28-7-5-23(35)14-25(28)34;4-3-1-2-3;3*1-2;/h4-9,14-16,24,35H,3,10-13,17-21H2,1-2H3;3-4H,1-2H2;3*1-2H3;/q2*-1;;;;. The van der Waals surface area contributed by atoms with Gasteiger partial charge in [0.25, 0.3) is 0 Å². The zero-order valence-corrected chi connectivity index (χ0v) is 39.0. The number of nitrogens with one attached hydrogen (secondary N) is 2. The van der Waals surface area contributed by atoms with Crippen molar-refractivity contribution in [2.24, 2.45) is 0 Å². The van der Waals surface area contributed by atoms with E-state index in [1.807, 2.05) is 64.6 Å². The van der Waals surface area contributed by atoms with Crippen LogP contribution in [0.3, 0.4) is 0 Å². The molecule has 0 unspecified atom stereocenters. The number of carbonyl (C=O) groups is 2. The molecule has 319 valence electrons. The van der Waals surface area contributed by atoms with E-state index in [1.165, 1.54) is 23.5 Å². The van der Waals surface area contributed by atoms with Crippen molar-refractivity contribution in [3.05, 3.63) is 77.7 Å². The van der Waals surface area contributed by atoms with Crippen LogP contribution in [0.5, 0.6) is 11.5 Å². The number of fused-ring (bicyclic) bond motifs is 1. The van der Waals surface area contributed by atoms with Gasteiger partial charge >= 0.3 is 5.97 Å². The summed E-state index contributed by atoms with van der Waals surface area (Å²) in [6, 6.07) is 11.8. The molecule has 1 aliphatic carbocycles. The van der Waals surface area contributed by atoms with Gasteiger partial charge in [0.1, 0.15) is 12.4 Å². The second kappa shape index (κ2) is 30.0. The number of rotatable bonds is 17. The van der Waals surface area contributed by atoms with E-state index in [1.54, 1.807) is 37.4 Å². The third-order valence-electron chi connectivity index (χ3n) is 7.97. The molecule has 2 N–H and O–H groups in total. The Hall–Kier alpha value is -3.15. The van der Waals surface area contributed by atoms with Gasteiger partial charge in [-0.25, -0.2) is 4.39 Å². The van der Waals surface area contributed by atoms with Crippen LogP contribution in [0.25, 0.3) is 32.3 Å². The van der Waals surface area contributed by atoms with Gasteiger partial charge in [-0.3, -0.25) is 24.5 Å². The first-order valence-corrected chi connectivity index (χ1v) is 20.6. The Morgan fingerprint density at radius 2 is 1.60 bits per heavy atom. The van der Waals surface area contributed by atoms with E-state index in [9.17, 15) is 14.0 Å². The van der Waals surface area contributed by atoms with Crippen molar-refractivity contribution in [1.29, 1.82) is 0 Å². The number of amides is 1. The molecular weight excluding hydrogens is 840 g/mol. The molecule has 0 spiro atoms. The predicted octanol–water partition coefficient (Wildman–Crippen LogP) is 9.51. The summed E-state index contributed by atoms with van der Waals surface area (Å²) < 4.78 is 41.9. The molecule has 4 heterocycles. The van der Waals surface area contributed by atoms with Gasteiger partial charge in [0, 0.05) is 84.0 Å².